The van der Waals surface area contributed by atoms with E-state index < -0.39 is 23.5 Å². The van der Waals surface area contributed by atoms with Crippen molar-refractivity contribution in [2.75, 3.05) is 13.2 Å². The van der Waals surface area contributed by atoms with Gasteiger partial charge in [0.25, 0.3) is 0 Å². The van der Waals surface area contributed by atoms with Gasteiger partial charge in [-0.2, -0.15) is 0 Å². The van der Waals surface area contributed by atoms with Crippen molar-refractivity contribution in [3.63, 3.8) is 0 Å². The van der Waals surface area contributed by atoms with E-state index in [9.17, 15) is 9.59 Å². The van der Waals surface area contributed by atoms with Crippen LogP contribution in [-0.2, 0) is 9.47 Å². The second-order valence-electron chi connectivity index (χ2n) is 8.10. The van der Waals surface area contributed by atoms with Crippen molar-refractivity contribution < 1.29 is 23.8 Å². The van der Waals surface area contributed by atoms with Crippen LogP contribution in [0.5, 0.6) is 5.75 Å². The molecule has 1 aromatic heterocycles. The summed E-state index contributed by atoms with van der Waals surface area (Å²) in [7, 11) is 0. The van der Waals surface area contributed by atoms with Gasteiger partial charge in [-0.05, 0) is 50.6 Å². The number of rotatable bonds is 6. The number of aromatic nitrogens is 1. The van der Waals surface area contributed by atoms with Gasteiger partial charge in [-0.15, -0.1) is 0 Å². The minimum atomic E-state index is -1.06. The van der Waals surface area contributed by atoms with Gasteiger partial charge in [-0.25, -0.2) is 9.78 Å². The fourth-order valence-electron chi connectivity index (χ4n) is 2.96. The van der Waals surface area contributed by atoms with E-state index in [0.717, 1.165) is 6.42 Å². The Hall–Kier alpha value is -2.35. The third-order valence-corrected chi connectivity index (χ3v) is 5.12. The lowest BCUT2D eigenvalue weighted by molar-refractivity contribution is 0.0490. The molecule has 0 aliphatic carbocycles. The molecule has 0 radical (unpaired) electrons. The molecule has 0 bridgehead atoms. The van der Waals surface area contributed by atoms with Gasteiger partial charge in [0.05, 0.1) is 29.5 Å². The lowest BCUT2D eigenvalue weighted by Gasteiger charge is -2.23. The number of amides is 1. The Morgan fingerprint density at radius 1 is 1.19 bits per heavy atom. The van der Waals surface area contributed by atoms with Crippen LogP contribution < -0.4 is 10.1 Å². The summed E-state index contributed by atoms with van der Waals surface area (Å²) < 4.78 is 16.4. The number of ketones is 1. The third-order valence-electron chi connectivity index (χ3n) is 4.38. The van der Waals surface area contributed by atoms with Crippen molar-refractivity contribution in [3.8, 4) is 5.75 Å². The summed E-state index contributed by atoms with van der Waals surface area (Å²) in [6.45, 7) is 6.39. The molecule has 1 fully saturated rings. The van der Waals surface area contributed by atoms with Crippen LogP contribution in [0.4, 0.5) is 4.79 Å². The number of benzene rings is 1. The zero-order chi connectivity index (χ0) is 22.6. The SMILES string of the molecule is CC(C)(C)OC(=O)NC(C(=O)c1ccc(OC2CCOC2)cn1)c1ccc(Cl)c(Cl)c1. The Morgan fingerprint density at radius 3 is 2.55 bits per heavy atom. The van der Waals surface area contributed by atoms with Crippen LogP contribution in [0.15, 0.2) is 36.5 Å². The molecule has 2 aromatic rings. The molecule has 1 aliphatic heterocycles. The number of alkyl carbamates (subject to hydrolysis) is 1. The minimum Gasteiger partial charge on any atom is -0.486 e. The van der Waals surface area contributed by atoms with Gasteiger partial charge in [0.1, 0.15) is 29.2 Å². The molecule has 3 rings (SSSR count). The van der Waals surface area contributed by atoms with Crippen LogP contribution in [0.1, 0.15) is 49.3 Å². The number of Topliss-reactive ketones (excluding diaryl/α,β-unsaturated/α-hetero) is 1. The van der Waals surface area contributed by atoms with Gasteiger partial charge < -0.3 is 19.5 Å². The topological polar surface area (TPSA) is 86.8 Å². The van der Waals surface area contributed by atoms with E-state index >= 15 is 0 Å². The van der Waals surface area contributed by atoms with E-state index in [1.165, 1.54) is 12.3 Å². The molecule has 1 aromatic carbocycles. The number of nitrogens with one attached hydrogen (secondary N) is 1. The fraction of sp³-hybridized carbons (Fsp3) is 0.409. The van der Waals surface area contributed by atoms with Crippen molar-refractivity contribution in [3.05, 3.63) is 57.8 Å². The molecule has 9 heteroatoms. The zero-order valence-corrected chi connectivity index (χ0v) is 19.0. The molecule has 2 heterocycles. The van der Waals surface area contributed by atoms with Crippen molar-refractivity contribution >= 4 is 35.1 Å². The first-order valence-corrected chi connectivity index (χ1v) is 10.6. The number of pyridine rings is 1. The van der Waals surface area contributed by atoms with Crippen LogP contribution in [0, 0.1) is 0 Å². The van der Waals surface area contributed by atoms with Gasteiger partial charge in [0.15, 0.2) is 0 Å². The molecule has 7 nitrogen and oxygen atoms in total. The lowest BCUT2D eigenvalue weighted by atomic mass is 10.0. The van der Waals surface area contributed by atoms with E-state index in [2.05, 4.69) is 10.3 Å². The van der Waals surface area contributed by atoms with Crippen LogP contribution in [-0.4, -0.2) is 41.8 Å². The number of hydrogen-bond donors (Lipinski definition) is 1. The molecule has 1 amide bonds. The summed E-state index contributed by atoms with van der Waals surface area (Å²) >= 11 is 12.1. The minimum absolute atomic E-state index is 0.0267. The standard InChI is InChI=1S/C22H24Cl2N2O5/c1-22(2,3)31-21(28)26-19(13-4-6-16(23)17(24)10-13)20(27)18-7-5-14(11-25-18)30-15-8-9-29-12-15/h4-7,10-11,15,19H,8-9,12H2,1-3H3,(H,26,28). The largest absolute Gasteiger partial charge is 0.486 e. The number of nitrogens with zero attached hydrogens (tertiary/aromatic N) is 1. The maximum atomic E-state index is 13.2. The highest BCUT2D eigenvalue weighted by atomic mass is 35.5. The zero-order valence-electron chi connectivity index (χ0n) is 17.5. The predicted molar refractivity (Wildman–Crippen MR) is 117 cm³/mol. The molecule has 2 atom stereocenters. The lowest BCUT2D eigenvalue weighted by Crippen LogP contribution is -2.38. The summed E-state index contributed by atoms with van der Waals surface area (Å²) in [5, 5.41) is 3.21. The van der Waals surface area contributed by atoms with Crippen molar-refractivity contribution in [1.82, 2.24) is 10.3 Å². The smallest absolute Gasteiger partial charge is 0.408 e. The Balaban J connectivity index is 1.82. The summed E-state index contributed by atoms with van der Waals surface area (Å²) in [6, 6.07) is 6.86. The van der Waals surface area contributed by atoms with E-state index in [1.807, 2.05) is 0 Å². The van der Waals surface area contributed by atoms with E-state index in [-0.39, 0.29) is 16.8 Å². The molecule has 31 heavy (non-hydrogen) atoms. The Bertz CT molecular complexity index is 938. The Kier molecular flexibility index (Phi) is 7.41. The summed E-state index contributed by atoms with van der Waals surface area (Å²) in [5.41, 5.74) is -0.117. The monoisotopic (exact) mass is 466 g/mol. The summed E-state index contributed by atoms with van der Waals surface area (Å²) in [4.78, 5) is 29.8. The Labute approximate surface area is 191 Å². The number of carbonyl (C=O) groups is 2. The number of ether oxygens (including phenoxy) is 3. The normalized spacial score (nSPS) is 17.1. The molecular formula is C22H24Cl2N2O5. The van der Waals surface area contributed by atoms with Crippen LogP contribution in [0.2, 0.25) is 10.0 Å². The highest BCUT2D eigenvalue weighted by Gasteiger charge is 2.28. The van der Waals surface area contributed by atoms with Gasteiger partial charge in [-0.1, -0.05) is 29.3 Å². The maximum Gasteiger partial charge on any atom is 0.408 e. The molecule has 1 N–H and O–H groups in total. The molecular weight excluding hydrogens is 443 g/mol. The number of hydrogen-bond acceptors (Lipinski definition) is 6. The van der Waals surface area contributed by atoms with Crippen LogP contribution in [0.25, 0.3) is 0 Å². The second-order valence-corrected chi connectivity index (χ2v) is 8.91. The first-order chi connectivity index (χ1) is 14.6. The quantitative estimate of drug-likeness (QED) is 0.602. The molecule has 0 spiro atoms. The van der Waals surface area contributed by atoms with Gasteiger partial charge >= 0.3 is 6.09 Å². The van der Waals surface area contributed by atoms with Gasteiger partial charge in [0, 0.05) is 6.42 Å². The third kappa shape index (κ3) is 6.56. The number of halogens is 2. The molecule has 1 aliphatic rings. The fourth-order valence-corrected chi connectivity index (χ4v) is 3.27. The highest BCUT2D eigenvalue weighted by Crippen LogP contribution is 2.28. The highest BCUT2D eigenvalue weighted by molar-refractivity contribution is 6.42. The summed E-state index contributed by atoms with van der Waals surface area (Å²) in [6.07, 6.45) is 1.52. The first kappa shape index (κ1) is 23.3. The van der Waals surface area contributed by atoms with Crippen molar-refractivity contribution in [1.29, 1.82) is 0 Å². The van der Waals surface area contributed by atoms with Crippen LogP contribution >= 0.6 is 23.2 Å². The Morgan fingerprint density at radius 2 is 1.97 bits per heavy atom. The van der Waals surface area contributed by atoms with Crippen molar-refractivity contribution in [2.24, 2.45) is 0 Å². The summed E-state index contributed by atoms with van der Waals surface area (Å²) in [5.74, 6) is 0.109. The van der Waals surface area contributed by atoms with E-state index in [1.54, 1.807) is 45.0 Å². The second kappa shape index (κ2) is 9.85. The number of carbonyl (C=O) groups excluding carboxylic acids is 2. The first-order valence-electron chi connectivity index (χ1n) is 9.81. The molecule has 1 saturated heterocycles. The predicted octanol–water partition coefficient (Wildman–Crippen LogP) is 5.00. The average Bonchev–Trinajstić information content (AvgIpc) is 3.20. The van der Waals surface area contributed by atoms with Crippen LogP contribution in [0.3, 0.4) is 0 Å². The van der Waals surface area contributed by atoms with E-state index in [0.29, 0.717) is 29.5 Å². The molecule has 2 unspecified atom stereocenters. The van der Waals surface area contributed by atoms with E-state index in [4.69, 9.17) is 37.4 Å². The van der Waals surface area contributed by atoms with Gasteiger partial charge in [0.2, 0.25) is 5.78 Å². The maximum absolute atomic E-state index is 13.2. The molecule has 166 valence electrons. The van der Waals surface area contributed by atoms with Crippen molar-refractivity contribution in [2.45, 2.75) is 44.9 Å². The average molecular weight is 467 g/mol. The van der Waals surface area contributed by atoms with Gasteiger partial charge in [-0.3, -0.25) is 4.79 Å². The molecule has 0 saturated carbocycles.